The van der Waals surface area contributed by atoms with Crippen molar-refractivity contribution >= 4 is 56.3 Å². The Hall–Kier alpha value is -3.41. The number of hydrogen-bond donors (Lipinski definition) is 1. The lowest BCUT2D eigenvalue weighted by atomic mass is 9.59. The van der Waals surface area contributed by atoms with Crippen LogP contribution in [0.3, 0.4) is 0 Å². The summed E-state index contributed by atoms with van der Waals surface area (Å²) < 4.78 is 72.6. The molecule has 56 heavy (non-hydrogen) atoms. The van der Waals surface area contributed by atoms with Crippen LogP contribution in [-0.2, 0) is 23.9 Å². The molecule has 2 aliphatic carbocycles. The third-order valence-electron chi connectivity index (χ3n) is 14.0. The van der Waals surface area contributed by atoms with E-state index in [1.807, 2.05) is 10.3 Å². The highest BCUT2D eigenvalue weighted by molar-refractivity contribution is 7.17. The van der Waals surface area contributed by atoms with Crippen LogP contribution in [0.4, 0.5) is 23.2 Å². The zero-order chi connectivity index (χ0) is 39.2. The molecule has 10 rings (SSSR count). The molecule has 2 N–H and O–H groups in total. The zero-order valence-electron chi connectivity index (χ0n) is 31.1. The Morgan fingerprint density at radius 3 is 2.43 bits per heavy atom. The van der Waals surface area contributed by atoms with E-state index in [0.29, 0.717) is 48.4 Å². The number of amides is 3. The van der Waals surface area contributed by atoms with Crippen LogP contribution in [0.25, 0.3) is 10.2 Å². The Labute approximate surface area is 329 Å². The molecule has 3 amide bonds. The molecule has 5 saturated heterocycles. The number of thiazole rings is 2. The minimum absolute atomic E-state index is 0.0334. The van der Waals surface area contributed by atoms with Gasteiger partial charge in [0.05, 0.1) is 69.7 Å². The fourth-order valence-corrected chi connectivity index (χ4v) is 12.2. The van der Waals surface area contributed by atoms with Crippen LogP contribution >= 0.6 is 22.7 Å². The third-order valence-corrected chi connectivity index (χ3v) is 15.8. The number of fused-ring (bicyclic) bond motifs is 4. The van der Waals surface area contributed by atoms with Gasteiger partial charge in [0.15, 0.2) is 0 Å². The van der Waals surface area contributed by atoms with E-state index in [9.17, 15) is 22.8 Å². The topological polar surface area (TPSA) is 131 Å². The summed E-state index contributed by atoms with van der Waals surface area (Å²) in [6.45, 7) is 3.25. The molecule has 3 unspecified atom stereocenters. The highest BCUT2D eigenvalue weighted by Gasteiger charge is 2.75. The first kappa shape index (κ1) is 38.1. The van der Waals surface area contributed by atoms with E-state index in [1.54, 1.807) is 34.9 Å². The first-order valence-electron chi connectivity index (χ1n) is 19.6. The number of hydrogen-bond acceptors (Lipinski definition) is 10. The van der Waals surface area contributed by atoms with Crippen molar-refractivity contribution in [1.82, 2.24) is 19.8 Å². The molecule has 2 aromatic heterocycles. The van der Waals surface area contributed by atoms with Crippen molar-refractivity contribution in [2.45, 2.75) is 88.6 Å². The van der Waals surface area contributed by atoms with E-state index in [2.05, 4.69) is 9.97 Å². The summed E-state index contributed by atoms with van der Waals surface area (Å²) in [6, 6.07) is 1.52. The van der Waals surface area contributed by atoms with Crippen molar-refractivity contribution in [2.24, 2.45) is 33.8 Å². The molecule has 3 aromatic rings. The predicted octanol–water partition coefficient (Wildman–Crippen LogP) is 5.74. The van der Waals surface area contributed by atoms with Crippen LogP contribution in [0.1, 0.15) is 69.2 Å². The van der Waals surface area contributed by atoms with Gasteiger partial charge < -0.3 is 29.9 Å². The summed E-state index contributed by atoms with van der Waals surface area (Å²) >= 11 is 2.87. The predicted molar refractivity (Wildman–Crippen MR) is 200 cm³/mol. The number of piperidine rings is 1. The number of benzene rings is 1. The van der Waals surface area contributed by atoms with Crippen molar-refractivity contribution in [3.63, 3.8) is 0 Å². The average molecular weight is 819 g/mol. The molecule has 7 fully saturated rings. The van der Waals surface area contributed by atoms with E-state index >= 15 is 9.18 Å². The fraction of sp³-hybridized carbons (Fsp3) is 0.667. The molecule has 5 aliphatic heterocycles. The number of rotatable bonds is 10. The third kappa shape index (κ3) is 6.21. The molecule has 11 nitrogen and oxygen atoms in total. The minimum atomic E-state index is -4.79. The Morgan fingerprint density at radius 2 is 1.80 bits per heavy atom. The van der Waals surface area contributed by atoms with Gasteiger partial charge >= 0.3 is 6.18 Å². The number of primary amides is 1. The number of ether oxygens (including phenoxy) is 2. The number of carbonyl (C=O) groups excluding carboxylic acids is 3. The van der Waals surface area contributed by atoms with Crippen LogP contribution in [0.5, 0.6) is 0 Å². The smallest absolute Gasteiger partial charge is 0.378 e. The second-order valence-electron chi connectivity index (χ2n) is 17.2. The Morgan fingerprint density at radius 1 is 1.05 bits per heavy atom. The maximum absolute atomic E-state index is 15.2. The van der Waals surface area contributed by atoms with Crippen molar-refractivity contribution in [1.29, 1.82) is 0 Å². The average Bonchev–Trinajstić information content (AvgIpc) is 3.49. The van der Waals surface area contributed by atoms with Gasteiger partial charge in [-0.3, -0.25) is 14.4 Å². The first-order valence-corrected chi connectivity index (χ1v) is 21.4. The Bertz CT molecular complexity index is 1980. The summed E-state index contributed by atoms with van der Waals surface area (Å²) in [4.78, 5) is 56.7. The van der Waals surface area contributed by atoms with E-state index in [4.69, 9.17) is 15.2 Å². The molecule has 1 spiro atoms. The van der Waals surface area contributed by atoms with Crippen LogP contribution < -0.4 is 10.6 Å². The number of alkyl halides is 3. The molecule has 0 radical (unpaired) electrons. The Balaban J connectivity index is 1.10. The van der Waals surface area contributed by atoms with Crippen LogP contribution in [0, 0.1) is 33.9 Å². The largest absolute Gasteiger partial charge is 0.403 e. The summed E-state index contributed by atoms with van der Waals surface area (Å²) in [6.07, 6.45) is 0.580. The lowest BCUT2D eigenvalue weighted by Crippen LogP contribution is -2.76. The van der Waals surface area contributed by atoms with Gasteiger partial charge in [0, 0.05) is 67.1 Å². The number of halogens is 4. The van der Waals surface area contributed by atoms with Gasteiger partial charge in [-0.25, -0.2) is 14.4 Å². The molecule has 7 heterocycles. The van der Waals surface area contributed by atoms with Gasteiger partial charge in [0.25, 0.3) is 0 Å². The number of carbonyl (C=O) groups is 3. The summed E-state index contributed by atoms with van der Waals surface area (Å²) in [5.41, 5.74) is 4.65. The van der Waals surface area contributed by atoms with Crippen molar-refractivity contribution in [2.75, 3.05) is 50.8 Å². The van der Waals surface area contributed by atoms with E-state index in [1.165, 1.54) is 28.4 Å². The zero-order valence-corrected chi connectivity index (χ0v) is 32.8. The molecular formula is C39H46F4N6O5S2. The fourth-order valence-electron chi connectivity index (χ4n) is 10.6. The van der Waals surface area contributed by atoms with Crippen LogP contribution in [0.15, 0.2) is 29.2 Å². The highest BCUT2D eigenvalue weighted by Crippen LogP contribution is 2.62. The SMILES string of the molecule is C[C@@H](OCC12CCC(CC1)OC2)[C@@H](C(=O)N1CCC(c2nccs2)CC1)C1N(C(=O)C2(C(F)(F)F)CC2)CC12CN(c1cc(F)cc3ncsc13)CC2C(N)=O. The Kier molecular flexibility index (Phi) is 9.44. The molecule has 1 aromatic carbocycles. The van der Waals surface area contributed by atoms with E-state index in [0.717, 1.165) is 30.7 Å². The maximum atomic E-state index is 15.2. The number of aromatic nitrogens is 2. The van der Waals surface area contributed by atoms with Gasteiger partial charge in [0.1, 0.15) is 11.2 Å². The second-order valence-corrected chi connectivity index (χ2v) is 19.0. The number of nitrogens with two attached hydrogens (primary N) is 1. The standard InChI is InChI=1S/C39H46F4N6O5S2/c1-22(53-19-36-6-2-25(3-7-36)54-20-36)29(34(51)47-11-4-23(5-12-47)33-45-10-13-55-33)31-37(18-49(31)35(52)38(8-9-38)39(41,42)43)17-48(16-26(37)32(44)50)28-15-24(40)14-27-30(28)56-21-46-27/h10,13-15,21-23,25-26,29,31H,2-9,11-12,16-20H2,1H3,(H2,44,50)/t22-,25?,26?,29-,31?,36?,37?/m1/s1. The monoisotopic (exact) mass is 818 g/mol. The van der Waals surface area contributed by atoms with Gasteiger partial charge in [-0.2, -0.15) is 13.2 Å². The van der Waals surface area contributed by atoms with Gasteiger partial charge in [-0.15, -0.1) is 22.7 Å². The minimum Gasteiger partial charge on any atom is -0.378 e. The van der Waals surface area contributed by atoms with Crippen LogP contribution in [0.2, 0.25) is 0 Å². The lowest BCUT2D eigenvalue weighted by molar-refractivity contribution is -0.219. The van der Waals surface area contributed by atoms with Crippen molar-refractivity contribution in [3.05, 3.63) is 40.0 Å². The van der Waals surface area contributed by atoms with Crippen molar-refractivity contribution in [3.8, 4) is 0 Å². The quantitative estimate of drug-likeness (QED) is 0.257. The molecule has 7 aliphatic rings. The molecule has 17 heteroatoms. The summed E-state index contributed by atoms with van der Waals surface area (Å²) in [5, 5.41) is 2.91. The maximum Gasteiger partial charge on any atom is 0.403 e. The van der Waals surface area contributed by atoms with E-state index in [-0.39, 0.29) is 62.4 Å². The second kappa shape index (κ2) is 13.9. The molecular weight excluding hydrogens is 773 g/mol. The number of likely N-dealkylation sites (tertiary alicyclic amines) is 2. The lowest BCUT2D eigenvalue weighted by Gasteiger charge is -2.61. The summed E-state index contributed by atoms with van der Waals surface area (Å²) in [5.74, 6) is -4.56. The van der Waals surface area contributed by atoms with Crippen molar-refractivity contribution < 1.29 is 41.4 Å². The highest BCUT2D eigenvalue weighted by atomic mass is 32.1. The first-order chi connectivity index (χ1) is 26.7. The molecule has 302 valence electrons. The normalized spacial score (nSPS) is 31.2. The van der Waals surface area contributed by atoms with Gasteiger partial charge in [-0.05, 0) is 64.4 Å². The molecule has 5 atom stereocenters. The van der Waals surface area contributed by atoms with Gasteiger partial charge in [-0.1, -0.05) is 0 Å². The van der Waals surface area contributed by atoms with Crippen LogP contribution in [-0.4, -0.2) is 108 Å². The molecule has 2 saturated carbocycles. The summed E-state index contributed by atoms with van der Waals surface area (Å²) in [7, 11) is 0. The molecule has 2 bridgehead atoms. The van der Waals surface area contributed by atoms with E-state index < -0.39 is 58.6 Å². The van der Waals surface area contributed by atoms with Gasteiger partial charge in [0.2, 0.25) is 17.7 Å². The number of anilines is 1. The number of nitrogens with zero attached hydrogens (tertiary/aromatic N) is 5.